The summed E-state index contributed by atoms with van der Waals surface area (Å²) in [6.07, 6.45) is 2.73. The number of para-hydroxylation sites is 2. The van der Waals surface area contributed by atoms with Crippen LogP contribution in [0.2, 0.25) is 0 Å². The number of anilines is 2. The van der Waals surface area contributed by atoms with E-state index < -0.39 is 4.92 Å². The first kappa shape index (κ1) is 14.8. The van der Waals surface area contributed by atoms with Crippen LogP contribution in [0.4, 0.5) is 17.3 Å². The quantitative estimate of drug-likeness (QED) is 0.445. The van der Waals surface area contributed by atoms with Gasteiger partial charge in [0, 0.05) is 6.07 Å². The summed E-state index contributed by atoms with van der Waals surface area (Å²) >= 11 is 0. The van der Waals surface area contributed by atoms with Gasteiger partial charge < -0.3 is 9.84 Å². The second kappa shape index (κ2) is 5.67. The number of nitrogens with zero attached hydrogens (tertiary/aromatic N) is 6. The minimum absolute atomic E-state index is 0.0149. The molecule has 3 heterocycles. The number of rotatable bonds is 4. The molecule has 4 aromatic rings. The fourth-order valence-electron chi connectivity index (χ4n) is 2.48. The van der Waals surface area contributed by atoms with Crippen LogP contribution in [0.25, 0.3) is 16.9 Å². The monoisotopic (exact) mass is 337 g/mol. The number of nitro groups is 1. The Morgan fingerprint density at radius 3 is 2.84 bits per heavy atom. The van der Waals surface area contributed by atoms with E-state index in [2.05, 4.69) is 25.4 Å². The highest BCUT2D eigenvalue weighted by Crippen LogP contribution is 2.31. The van der Waals surface area contributed by atoms with Crippen LogP contribution < -0.4 is 5.32 Å². The third kappa shape index (κ3) is 2.55. The molecule has 0 saturated heterocycles. The van der Waals surface area contributed by atoms with Gasteiger partial charge in [-0.15, -0.1) is 0 Å². The molecule has 10 nitrogen and oxygen atoms in total. The molecule has 0 aliphatic heterocycles. The fourth-order valence-corrected chi connectivity index (χ4v) is 2.48. The summed E-state index contributed by atoms with van der Waals surface area (Å²) in [6, 6.07) is 8.90. The standard InChI is InChI=1S/C15H11N7O3/c1-9-6-12(20-25-9)19-14-13(22(23)24)15(17-7-16-14)21-8-18-10-4-2-3-5-11(10)21/h2-8H,1H3,(H,16,17,19,20). The molecule has 25 heavy (non-hydrogen) atoms. The first-order valence-electron chi connectivity index (χ1n) is 7.25. The van der Waals surface area contributed by atoms with Crippen LogP contribution in [0.15, 0.2) is 47.5 Å². The Labute approximate surface area is 140 Å². The molecular formula is C15H11N7O3. The first-order valence-corrected chi connectivity index (χ1v) is 7.25. The predicted molar refractivity (Wildman–Crippen MR) is 87.8 cm³/mol. The minimum atomic E-state index is -0.542. The SMILES string of the molecule is Cc1cc(Nc2ncnc(-n3cnc4ccccc43)c2[N+](=O)[O-])no1. The average molecular weight is 337 g/mol. The van der Waals surface area contributed by atoms with Gasteiger partial charge in [-0.1, -0.05) is 17.3 Å². The molecule has 0 amide bonds. The summed E-state index contributed by atoms with van der Waals surface area (Å²) in [5.41, 5.74) is 1.12. The number of benzene rings is 1. The molecule has 1 aromatic carbocycles. The maximum Gasteiger partial charge on any atom is 0.354 e. The van der Waals surface area contributed by atoms with E-state index in [1.165, 1.54) is 12.7 Å². The van der Waals surface area contributed by atoms with Gasteiger partial charge in [-0.05, 0) is 19.1 Å². The molecule has 3 aromatic heterocycles. The van der Waals surface area contributed by atoms with E-state index in [0.29, 0.717) is 22.6 Å². The Balaban J connectivity index is 1.88. The molecule has 0 radical (unpaired) electrons. The van der Waals surface area contributed by atoms with Crippen molar-refractivity contribution in [2.24, 2.45) is 0 Å². The van der Waals surface area contributed by atoms with Gasteiger partial charge >= 0.3 is 5.69 Å². The summed E-state index contributed by atoms with van der Waals surface area (Å²) in [4.78, 5) is 23.4. The van der Waals surface area contributed by atoms with Crippen LogP contribution in [0.1, 0.15) is 5.76 Å². The summed E-state index contributed by atoms with van der Waals surface area (Å²) in [5.74, 6) is 1.01. The zero-order valence-electron chi connectivity index (χ0n) is 12.9. The maximum absolute atomic E-state index is 11.7. The molecule has 0 aliphatic carbocycles. The summed E-state index contributed by atoms with van der Waals surface area (Å²) in [5, 5.41) is 18.2. The van der Waals surface area contributed by atoms with Crippen LogP contribution in [0, 0.1) is 17.0 Å². The van der Waals surface area contributed by atoms with Gasteiger partial charge in [0.05, 0.1) is 16.0 Å². The number of fused-ring (bicyclic) bond motifs is 1. The predicted octanol–water partition coefficient (Wildman–Crippen LogP) is 2.76. The molecule has 0 aliphatic rings. The molecule has 0 spiro atoms. The van der Waals surface area contributed by atoms with Gasteiger partial charge in [0.2, 0.25) is 11.6 Å². The third-order valence-corrected chi connectivity index (χ3v) is 3.54. The van der Waals surface area contributed by atoms with E-state index in [0.717, 1.165) is 0 Å². The largest absolute Gasteiger partial charge is 0.360 e. The lowest BCUT2D eigenvalue weighted by atomic mass is 10.3. The molecule has 124 valence electrons. The van der Waals surface area contributed by atoms with Gasteiger partial charge in [-0.2, -0.15) is 0 Å². The number of nitrogens with one attached hydrogen (secondary N) is 1. The van der Waals surface area contributed by atoms with Crippen molar-refractivity contribution in [3.8, 4) is 5.82 Å². The molecule has 10 heteroatoms. The fraction of sp³-hybridized carbons (Fsp3) is 0.0667. The Hall–Kier alpha value is -3.82. The molecule has 0 fully saturated rings. The highest BCUT2D eigenvalue weighted by molar-refractivity contribution is 5.79. The van der Waals surface area contributed by atoms with Crippen LogP contribution in [0.5, 0.6) is 0 Å². The molecule has 0 bridgehead atoms. The molecular weight excluding hydrogens is 326 g/mol. The highest BCUT2D eigenvalue weighted by Gasteiger charge is 2.26. The Bertz CT molecular complexity index is 1090. The Kier molecular flexibility index (Phi) is 3.35. The molecule has 4 rings (SSSR count). The van der Waals surface area contributed by atoms with E-state index in [1.54, 1.807) is 17.6 Å². The Morgan fingerprint density at radius 1 is 1.24 bits per heavy atom. The van der Waals surface area contributed by atoms with Gasteiger partial charge in [0.15, 0.2) is 5.82 Å². The van der Waals surface area contributed by atoms with E-state index >= 15 is 0 Å². The zero-order chi connectivity index (χ0) is 17.4. The van der Waals surface area contributed by atoms with Crippen molar-refractivity contribution < 1.29 is 9.45 Å². The van der Waals surface area contributed by atoms with Crippen LogP contribution in [-0.2, 0) is 0 Å². The molecule has 0 unspecified atom stereocenters. The summed E-state index contributed by atoms with van der Waals surface area (Å²) in [7, 11) is 0. The van der Waals surface area contributed by atoms with Crippen molar-refractivity contribution in [3.05, 3.63) is 58.9 Å². The van der Waals surface area contributed by atoms with Crippen molar-refractivity contribution in [1.29, 1.82) is 0 Å². The van der Waals surface area contributed by atoms with Gasteiger partial charge in [0.25, 0.3) is 0 Å². The summed E-state index contributed by atoms with van der Waals surface area (Å²) < 4.78 is 6.51. The van der Waals surface area contributed by atoms with E-state index in [4.69, 9.17) is 4.52 Å². The smallest absolute Gasteiger partial charge is 0.354 e. The average Bonchev–Trinajstić information content (AvgIpc) is 3.20. The first-order chi connectivity index (χ1) is 12.1. The number of aromatic nitrogens is 5. The zero-order valence-corrected chi connectivity index (χ0v) is 12.9. The highest BCUT2D eigenvalue weighted by atomic mass is 16.6. The van der Waals surface area contributed by atoms with Crippen LogP contribution >= 0.6 is 0 Å². The van der Waals surface area contributed by atoms with Crippen molar-refractivity contribution in [2.75, 3.05) is 5.32 Å². The van der Waals surface area contributed by atoms with Gasteiger partial charge in [0.1, 0.15) is 18.4 Å². The number of hydrogen-bond acceptors (Lipinski definition) is 8. The minimum Gasteiger partial charge on any atom is -0.360 e. The van der Waals surface area contributed by atoms with E-state index in [-0.39, 0.29) is 17.3 Å². The normalized spacial score (nSPS) is 10.9. The van der Waals surface area contributed by atoms with Crippen molar-refractivity contribution in [1.82, 2.24) is 24.7 Å². The molecule has 0 atom stereocenters. The molecule has 0 saturated carbocycles. The van der Waals surface area contributed by atoms with Crippen LogP contribution in [0.3, 0.4) is 0 Å². The Morgan fingerprint density at radius 2 is 2.08 bits per heavy atom. The number of hydrogen-bond donors (Lipinski definition) is 1. The number of aryl methyl sites for hydroxylation is 1. The van der Waals surface area contributed by atoms with E-state index in [1.807, 2.05) is 24.3 Å². The van der Waals surface area contributed by atoms with Gasteiger partial charge in [-0.25, -0.2) is 15.0 Å². The summed E-state index contributed by atoms with van der Waals surface area (Å²) in [6.45, 7) is 1.72. The van der Waals surface area contributed by atoms with Gasteiger partial charge in [-0.3, -0.25) is 14.7 Å². The van der Waals surface area contributed by atoms with Crippen molar-refractivity contribution in [3.63, 3.8) is 0 Å². The third-order valence-electron chi connectivity index (χ3n) is 3.54. The lowest BCUT2D eigenvalue weighted by Crippen LogP contribution is -2.07. The van der Waals surface area contributed by atoms with Crippen molar-refractivity contribution >= 4 is 28.4 Å². The molecule has 1 N–H and O–H groups in total. The second-order valence-corrected chi connectivity index (χ2v) is 5.20. The van der Waals surface area contributed by atoms with Crippen molar-refractivity contribution in [2.45, 2.75) is 6.92 Å². The maximum atomic E-state index is 11.7. The van der Waals surface area contributed by atoms with E-state index in [9.17, 15) is 10.1 Å². The number of imidazole rings is 1. The van der Waals surface area contributed by atoms with Crippen LogP contribution in [-0.4, -0.2) is 29.6 Å². The second-order valence-electron chi connectivity index (χ2n) is 5.20. The topological polar surface area (TPSA) is 125 Å². The lowest BCUT2D eigenvalue weighted by Gasteiger charge is -2.07. The lowest BCUT2D eigenvalue weighted by molar-refractivity contribution is -0.384.